The molecule has 0 amide bonds. The molecule has 2 bridgehead atoms. The molecule has 1 spiro atoms. The van der Waals surface area contributed by atoms with Crippen LogP contribution >= 0.6 is 0 Å². The molecule has 3 heterocycles. The maximum Gasteiger partial charge on any atom is 0.306 e. The molecular formula is C25H27F2NO3. The largest absolute Gasteiger partial charge is 0.486 e. The van der Waals surface area contributed by atoms with Crippen LogP contribution in [0.4, 0.5) is 8.78 Å². The van der Waals surface area contributed by atoms with Crippen molar-refractivity contribution in [1.82, 2.24) is 4.90 Å². The molecule has 164 valence electrons. The van der Waals surface area contributed by atoms with Gasteiger partial charge in [-0.1, -0.05) is 18.2 Å². The molecule has 3 aliphatic rings. The highest BCUT2D eigenvalue weighted by molar-refractivity contribution is 5.72. The zero-order chi connectivity index (χ0) is 21.4. The van der Waals surface area contributed by atoms with E-state index in [4.69, 9.17) is 9.47 Å². The summed E-state index contributed by atoms with van der Waals surface area (Å²) in [4.78, 5) is 14.2. The molecule has 4 nitrogen and oxygen atoms in total. The average Bonchev–Trinajstić information content (AvgIpc) is 3.21. The summed E-state index contributed by atoms with van der Waals surface area (Å²) in [6.45, 7) is 0.801. The highest BCUT2D eigenvalue weighted by Crippen LogP contribution is 2.47. The molecule has 2 aromatic rings. The molecule has 5 rings (SSSR count). The van der Waals surface area contributed by atoms with E-state index in [-0.39, 0.29) is 29.3 Å². The normalized spacial score (nSPS) is 28.6. The SMILES string of the molecule is O=C1CCC2(CC3CCC(C2)N3CCC(Oc2cccc(F)c2)c2cccc(F)c2)O1. The fourth-order valence-electron chi connectivity index (χ4n) is 5.69. The second-order valence-electron chi connectivity index (χ2n) is 9.10. The number of ether oxygens (including phenoxy) is 2. The Labute approximate surface area is 181 Å². The third kappa shape index (κ3) is 4.31. The molecule has 0 N–H and O–H groups in total. The van der Waals surface area contributed by atoms with Gasteiger partial charge in [0.15, 0.2) is 0 Å². The smallest absolute Gasteiger partial charge is 0.306 e. The van der Waals surface area contributed by atoms with Crippen LogP contribution in [0.1, 0.15) is 56.6 Å². The summed E-state index contributed by atoms with van der Waals surface area (Å²) >= 11 is 0. The highest BCUT2D eigenvalue weighted by atomic mass is 19.1. The van der Waals surface area contributed by atoms with E-state index >= 15 is 0 Å². The standard InChI is InChI=1S/C25H27F2NO3/c26-18-4-1-3-17(13-18)23(30-22-6-2-5-19(27)14-22)10-12-28-20-7-8-21(28)16-25(15-20)11-9-24(29)31-25/h1-6,13-14,20-21,23H,7-12,15-16H2. The van der Waals surface area contributed by atoms with Crippen molar-refractivity contribution in [1.29, 1.82) is 0 Å². The van der Waals surface area contributed by atoms with Gasteiger partial charge in [0.05, 0.1) is 0 Å². The van der Waals surface area contributed by atoms with E-state index in [9.17, 15) is 13.6 Å². The minimum atomic E-state index is -0.378. The number of halogens is 2. The zero-order valence-corrected chi connectivity index (χ0v) is 17.4. The lowest BCUT2D eigenvalue weighted by molar-refractivity contribution is -0.154. The molecule has 0 aromatic heterocycles. The fourth-order valence-corrected chi connectivity index (χ4v) is 5.69. The van der Waals surface area contributed by atoms with Gasteiger partial charge in [0.2, 0.25) is 0 Å². The fraction of sp³-hybridized carbons (Fsp3) is 0.480. The van der Waals surface area contributed by atoms with Crippen molar-refractivity contribution in [3.05, 3.63) is 65.7 Å². The first-order valence-electron chi connectivity index (χ1n) is 11.1. The van der Waals surface area contributed by atoms with E-state index in [0.717, 1.165) is 44.2 Å². The van der Waals surface area contributed by atoms with Gasteiger partial charge in [0, 0.05) is 50.4 Å². The third-order valence-corrected chi connectivity index (χ3v) is 7.05. The summed E-state index contributed by atoms with van der Waals surface area (Å²) in [6.07, 6.45) is 5.66. The Morgan fingerprint density at radius 2 is 1.77 bits per heavy atom. The first-order chi connectivity index (χ1) is 15.0. The van der Waals surface area contributed by atoms with E-state index < -0.39 is 0 Å². The molecule has 2 aromatic carbocycles. The summed E-state index contributed by atoms with van der Waals surface area (Å²) in [7, 11) is 0. The van der Waals surface area contributed by atoms with E-state index in [1.54, 1.807) is 18.2 Å². The Morgan fingerprint density at radius 3 is 2.42 bits per heavy atom. The third-order valence-electron chi connectivity index (χ3n) is 7.05. The Morgan fingerprint density at radius 1 is 1.06 bits per heavy atom. The monoisotopic (exact) mass is 427 g/mol. The minimum absolute atomic E-state index is 0.0671. The van der Waals surface area contributed by atoms with Crippen molar-refractivity contribution in [2.24, 2.45) is 0 Å². The van der Waals surface area contributed by atoms with Crippen LogP contribution in [-0.4, -0.2) is 35.1 Å². The van der Waals surface area contributed by atoms with Crippen LogP contribution in [0.15, 0.2) is 48.5 Å². The average molecular weight is 427 g/mol. The van der Waals surface area contributed by atoms with Gasteiger partial charge in [0.25, 0.3) is 0 Å². The molecule has 3 saturated heterocycles. The Kier molecular flexibility index (Phi) is 5.42. The number of fused-ring (bicyclic) bond motifs is 2. The van der Waals surface area contributed by atoms with Crippen LogP contribution in [-0.2, 0) is 9.53 Å². The van der Waals surface area contributed by atoms with Gasteiger partial charge in [-0.2, -0.15) is 0 Å². The second kappa shape index (κ2) is 8.23. The van der Waals surface area contributed by atoms with E-state index in [2.05, 4.69) is 4.90 Å². The van der Waals surface area contributed by atoms with Gasteiger partial charge < -0.3 is 9.47 Å². The van der Waals surface area contributed by atoms with Crippen LogP contribution in [0, 0.1) is 11.6 Å². The first-order valence-corrected chi connectivity index (χ1v) is 11.1. The van der Waals surface area contributed by atoms with E-state index in [1.165, 1.54) is 24.3 Å². The van der Waals surface area contributed by atoms with Gasteiger partial charge in [-0.05, 0) is 49.1 Å². The minimum Gasteiger partial charge on any atom is -0.486 e. The number of benzene rings is 2. The molecule has 31 heavy (non-hydrogen) atoms. The van der Waals surface area contributed by atoms with Crippen molar-refractivity contribution in [3.8, 4) is 5.75 Å². The molecule has 0 aliphatic carbocycles. The quantitative estimate of drug-likeness (QED) is 0.596. The van der Waals surface area contributed by atoms with Crippen molar-refractivity contribution in [2.75, 3.05) is 6.54 Å². The lowest BCUT2D eigenvalue weighted by Gasteiger charge is -2.44. The van der Waals surface area contributed by atoms with Gasteiger partial charge in [-0.3, -0.25) is 9.69 Å². The molecule has 3 fully saturated rings. The van der Waals surface area contributed by atoms with Crippen LogP contribution < -0.4 is 4.74 Å². The van der Waals surface area contributed by atoms with Crippen LogP contribution in [0.2, 0.25) is 0 Å². The predicted molar refractivity (Wildman–Crippen MR) is 112 cm³/mol. The number of esters is 1. The molecule has 6 heteroatoms. The van der Waals surface area contributed by atoms with Crippen LogP contribution in [0.3, 0.4) is 0 Å². The number of piperidine rings is 1. The number of hydrogen-bond donors (Lipinski definition) is 0. The molecular weight excluding hydrogens is 400 g/mol. The lowest BCUT2D eigenvalue weighted by Crippen LogP contribution is -2.51. The number of carbonyl (C=O) groups excluding carboxylic acids is 1. The maximum absolute atomic E-state index is 13.9. The lowest BCUT2D eigenvalue weighted by atomic mass is 9.83. The highest BCUT2D eigenvalue weighted by Gasteiger charge is 2.52. The second-order valence-corrected chi connectivity index (χ2v) is 9.10. The van der Waals surface area contributed by atoms with Crippen LogP contribution in [0.25, 0.3) is 0 Å². The Balaban J connectivity index is 1.30. The van der Waals surface area contributed by atoms with Crippen molar-refractivity contribution >= 4 is 5.97 Å². The topological polar surface area (TPSA) is 38.8 Å². The number of rotatable bonds is 6. The van der Waals surface area contributed by atoms with E-state index in [0.29, 0.717) is 30.7 Å². The summed E-state index contributed by atoms with van der Waals surface area (Å²) < 4.78 is 39.4. The molecule has 3 unspecified atom stereocenters. The molecule has 3 atom stereocenters. The number of carbonyl (C=O) groups is 1. The Hall–Kier alpha value is -2.47. The van der Waals surface area contributed by atoms with Gasteiger partial charge in [-0.15, -0.1) is 0 Å². The molecule has 0 saturated carbocycles. The van der Waals surface area contributed by atoms with Gasteiger partial charge in [0.1, 0.15) is 29.1 Å². The molecule has 3 aliphatic heterocycles. The van der Waals surface area contributed by atoms with E-state index in [1.807, 2.05) is 6.07 Å². The van der Waals surface area contributed by atoms with Crippen molar-refractivity contribution in [2.45, 2.75) is 68.7 Å². The van der Waals surface area contributed by atoms with Crippen molar-refractivity contribution < 1.29 is 23.0 Å². The summed E-state index contributed by atoms with van der Waals surface area (Å²) in [5.74, 6) is -0.301. The predicted octanol–water partition coefficient (Wildman–Crippen LogP) is 5.18. The summed E-state index contributed by atoms with van der Waals surface area (Å²) in [6, 6.07) is 13.3. The summed E-state index contributed by atoms with van der Waals surface area (Å²) in [5, 5.41) is 0. The molecule has 0 radical (unpaired) electrons. The Bertz CT molecular complexity index is 951. The van der Waals surface area contributed by atoms with Gasteiger partial charge >= 0.3 is 5.97 Å². The maximum atomic E-state index is 13.9. The van der Waals surface area contributed by atoms with Crippen molar-refractivity contribution in [3.63, 3.8) is 0 Å². The first kappa shape index (κ1) is 20.4. The zero-order valence-electron chi connectivity index (χ0n) is 17.4. The number of nitrogens with zero attached hydrogens (tertiary/aromatic N) is 1. The summed E-state index contributed by atoms with van der Waals surface area (Å²) in [5.41, 5.74) is 0.481. The van der Waals surface area contributed by atoms with Crippen LogP contribution in [0.5, 0.6) is 5.75 Å². The van der Waals surface area contributed by atoms with Gasteiger partial charge in [-0.25, -0.2) is 8.78 Å². The number of hydrogen-bond acceptors (Lipinski definition) is 4.